The van der Waals surface area contributed by atoms with E-state index < -0.39 is 0 Å². The highest BCUT2D eigenvalue weighted by atomic mass is 32.2. The van der Waals surface area contributed by atoms with Crippen molar-refractivity contribution in [3.8, 4) is 0 Å². The summed E-state index contributed by atoms with van der Waals surface area (Å²) in [6, 6.07) is 0.391. The quantitative estimate of drug-likeness (QED) is 0.772. The summed E-state index contributed by atoms with van der Waals surface area (Å²) in [6.07, 6.45) is 4.15. The third-order valence-electron chi connectivity index (χ3n) is 4.97. The standard InChI is InChI=1S/C15H27N3O2S/c19-14(10-13-2-1-4-16-13)17-11-15(3-9-21-12-15)18-5-7-20-8-6-18/h13,16H,1-12H2,(H,17,19). The Morgan fingerprint density at radius 1 is 1.43 bits per heavy atom. The molecule has 0 spiro atoms. The van der Waals surface area contributed by atoms with Gasteiger partial charge in [-0.05, 0) is 31.6 Å². The van der Waals surface area contributed by atoms with Crippen molar-refractivity contribution in [3.05, 3.63) is 0 Å². The van der Waals surface area contributed by atoms with Crippen LogP contribution in [0, 0.1) is 0 Å². The Morgan fingerprint density at radius 2 is 2.29 bits per heavy atom. The molecule has 2 N–H and O–H groups in total. The molecule has 0 radical (unpaired) electrons. The van der Waals surface area contributed by atoms with Gasteiger partial charge in [0.1, 0.15) is 0 Å². The van der Waals surface area contributed by atoms with Gasteiger partial charge in [0.05, 0.1) is 13.2 Å². The van der Waals surface area contributed by atoms with E-state index in [1.807, 2.05) is 11.8 Å². The van der Waals surface area contributed by atoms with Crippen molar-refractivity contribution in [2.45, 2.75) is 37.3 Å². The van der Waals surface area contributed by atoms with Crippen molar-refractivity contribution in [3.63, 3.8) is 0 Å². The topological polar surface area (TPSA) is 53.6 Å². The van der Waals surface area contributed by atoms with Crippen LogP contribution in [0.15, 0.2) is 0 Å². The molecule has 1 amide bonds. The Bertz CT molecular complexity index is 349. The highest BCUT2D eigenvalue weighted by Gasteiger charge is 2.40. The fourth-order valence-electron chi connectivity index (χ4n) is 3.62. The summed E-state index contributed by atoms with van der Waals surface area (Å²) in [5.74, 6) is 2.55. The van der Waals surface area contributed by atoms with Gasteiger partial charge in [-0.25, -0.2) is 0 Å². The Hall–Kier alpha value is -0.300. The van der Waals surface area contributed by atoms with E-state index in [-0.39, 0.29) is 11.4 Å². The minimum atomic E-state index is 0.160. The Balaban J connectivity index is 1.51. The zero-order chi connectivity index (χ0) is 14.5. The van der Waals surface area contributed by atoms with Crippen molar-refractivity contribution in [2.75, 3.05) is 50.9 Å². The van der Waals surface area contributed by atoms with E-state index in [0.717, 1.165) is 51.6 Å². The number of amides is 1. The molecule has 0 aromatic carbocycles. The second-order valence-electron chi connectivity index (χ2n) is 6.40. The lowest BCUT2D eigenvalue weighted by atomic mass is 9.95. The predicted octanol–water partition coefficient (Wildman–Crippen LogP) is 0.453. The fourth-order valence-corrected chi connectivity index (χ4v) is 5.10. The zero-order valence-electron chi connectivity index (χ0n) is 12.7. The summed E-state index contributed by atoms with van der Waals surface area (Å²) in [5, 5.41) is 6.61. The minimum absolute atomic E-state index is 0.160. The summed E-state index contributed by atoms with van der Waals surface area (Å²) < 4.78 is 5.47. The van der Waals surface area contributed by atoms with E-state index in [4.69, 9.17) is 4.74 Å². The van der Waals surface area contributed by atoms with E-state index >= 15 is 0 Å². The number of hydrogen-bond donors (Lipinski definition) is 2. The molecule has 3 fully saturated rings. The second-order valence-corrected chi connectivity index (χ2v) is 7.51. The summed E-state index contributed by atoms with van der Waals surface area (Å²) in [5.41, 5.74) is 0.160. The minimum Gasteiger partial charge on any atom is -0.379 e. The first kappa shape index (κ1) is 15.6. The van der Waals surface area contributed by atoms with Crippen LogP contribution in [-0.2, 0) is 9.53 Å². The number of thioether (sulfide) groups is 1. The summed E-state index contributed by atoms with van der Waals surface area (Å²) in [7, 11) is 0. The molecule has 2 unspecified atom stereocenters. The molecule has 2 atom stereocenters. The lowest BCUT2D eigenvalue weighted by Gasteiger charge is -2.43. The molecule has 3 rings (SSSR count). The van der Waals surface area contributed by atoms with Gasteiger partial charge in [-0.2, -0.15) is 11.8 Å². The SMILES string of the molecule is O=C(CC1CCCN1)NCC1(N2CCOCC2)CCSC1. The van der Waals surface area contributed by atoms with Gasteiger partial charge in [-0.15, -0.1) is 0 Å². The number of nitrogens with zero attached hydrogens (tertiary/aromatic N) is 1. The monoisotopic (exact) mass is 313 g/mol. The molecule has 3 heterocycles. The van der Waals surface area contributed by atoms with Gasteiger partial charge in [0, 0.05) is 43.4 Å². The highest BCUT2D eigenvalue weighted by Crippen LogP contribution is 2.33. The van der Waals surface area contributed by atoms with E-state index in [9.17, 15) is 4.79 Å². The van der Waals surface area contributed by atoms with Crippen molar-refractivity contribution in [1.29, 1.82) is 0 Å². The van der Waals surface area contributed by atoms with Crippen molar-refractivity contribution < 1.29 is 9.53 Å². The predicted molar refractivity (Wildman–Crippen MR) is 85.7 cm³/mol. The summed E-state index contributed by atoms with van der Waals surface area (Å²) in [6.45, 7) is 5.51. The first-order valence-electron chi connectivity index (χ1n) is 8.19. The number of morpholine rings is 1. The van der Waals surface area contributed by atoms with Gasteiger partial charge in [-0.3, -0.25) is 9.69 Å². The molecule has 3 aliphatic rings. The van der Waals surface area contributed by atoms with Crippen molar-refractivity contribution >= 4 is 17.7 Å². The molecule has 0 bridgehead atoms. The first-order chi connectivity index (χ1) is 10.3. The second kappa shape index (κ2) is 7.31. The van der Waals surface area contributed by atoms with Gasteiger partial charge in [0.25, 0.3) is 0 Å². The van der Waals surface area contributed by atoms with Crippen LogP contribution in [0.5, 0.6) is 0 Å². The van der Waals surface area contributed by atoms with E-state index in [1.54, 1.807) is 0 Å². The van der Waals surface area contributed by atoms with Crippen LogP contribution in [0.4, 0.5) is 0 Å². The number of carbonyl (C=O) groups is 1. The first-order valence-corrected chi connectivity index (χ1v) is 9.35. The van der Waals surface area contributed by atoms with E-state index in [2.05, 4.69) is 15.5 Å². The Morgan fingerprint density at radius 3 is 2.95 bits per heavy atom. The van der Waals surface area contributed by atoms with Crippen molar-refractivity contribution in [1.82, 2.24) is 15.5 Å². The smallest absolute Gasteiger partial charge is 0.221 e. The van der Waals surface area contributed by atoms with Gasteiger partial charge >= 0.3 is 0 Å². The van der Waals surface area contributed by atoms with Crippen LogP contribution in [0.3, 0.4) is 0 Å². The van der Waals surface area contributed by atoms with Crippen LogP contribution < -0.4 is 10.6 Å². The summed E-state index contributed by atoms with van der Waals surface area (Å²) in [4.78, 5) is 14.7. The largest absolute Gasteiger partial charge is 0.379 e. The summed E-state index contributed by atoms with van der Waals surface area (Å²) >= 11 is 2.01. The Kier molecular flexibility index (Phi) is 5.43. The van der Waals surface area contributed by atoms with Crippen LogP contribution in [0.2, 0.25) is 0 Å². The van der Waals surface area contributed by atoms with Gasteiger partial charge in [0.2, 0.25) is 5.91 Å². The Labute approximate surface area is 131 Å². The third-order valence-corrected chi connectivity index (χ3v) is 6.21. The number of rotatable bonds is 5. The highest BCUT2D eigenvalue weighted by molar-refractivity contribution is 7.99. The fraction of sp³-hybridized carbons (Fsp3) is 0.933. The van der Waals surface area contributed by atoms with Crippen LogP contribution in [0.1, 0.15) is 25.7 Å². The molecule has 120 valence electrons. The van der Waals surface area contributed by atoms with Gasteiger partial charge in [0.15, 0.2) is 0 Å². The number of nitrogens with one attached hydrogen (secondary N) is 2. The molecule has 0 aliphatic carbocycles. The molecule has 0 saturated carbocycles. The maximum absolute atomic E-state index is 12.2. The number of ether oxygens (including phenoxy) is 1. The number of hydrogen-bond acceptors (Lipinski definition) is 5. The lowest BCUT2D eigenvalue weighted by Crippen LogP contribution is -2.59. The molecule has 3 saturated heterocycles. The van der Waals surface area contributed by atoms with Crippen molar-refractivity contribution in [2.24, 2.45) is 0 Å². The average Bonchev–Trinajstić information content (AvgIpc) is 3.18. The third kappa shape index (κ3) is 3.92. The molecule has 0 aromatic heterocycles. The van der Waals surface area contributed by atoms with Crippen LogP contribution >= 0.6 is 11.8 Å². The molecular weight excluding hydrogens is 286 g/mol. The van der Waals surface area contributed by atoms with E-state index in [1.165, 1.54) is 18.6 Å². The van der Waals surface area contributed by atoms with Crippen LogP contribution in [0.25, 0.3) is 0 Å². The van der Waals surface area contributed by atoms with E-state index in [0.29, 0.717) is 12.5 Å². The molecule has 6 heteroatoms. The van der Waals surface area contributed by atoms with Gasteiger partial charge < -0.3 is 15.4 Å². The molecular formula is C15H27N3O2S. The zero-order valence-corrected chi connectivity index (χ0v) is 13.6. The molecule has 0 aromatic rings. The molecule has 21 heavy (non-hydrogen) atoms. The average molecular weight is 313 g/mol. The van der Waals surface area contributed by atoms with Gasteiger partial charge in [-0.1, -0.05) is 0 Å². The van der Waals surface area contributed by atoms with Crippen LogP contribution in [-0.4, -0.2) is 73.3 Å². The molecule has 5 nitrogen and oxygen atoms in total. The maximum Gasteiger partial charge on any atom is 0.221 e. The normalized spacial score (nSPS) is 34.2. The number of carbonyl (C=O) groups excluding carboxylic acids is 1. The lowest BCUT2D eigenvalue weighted by molar-refractivity contribution is -0.122. The molecule has 3 aliphatic heterocycles. The maximum atomic E-state index is 12.2.